The molecule has 0 aromatic heterocycles. The Bertz CT molecular complexity index is 817. The van der Waals surface area contributed by atoms with Crippen molar-refractivity contribution in [3.8, 4) is 0 Å². The lowest BCUT2D eigenvalue weighted by molar-refractivity contribution is -0.146. The minimum atomic E-state index is -1.26. The van der Waals surface area contributed by atoms with Crippen LogP contribution < -0.4 is 5.43 Å². The van der Waals surface area contributed by atoms with Crippen molar-refractivity contribution >= 4 is 23.6 Å². The number of rotatable bonds is 8. The van der Waals surface area contributed by atoms with Gasteiger partial charge in [-0.3, -0.25) is 15.0 Å². The summed E-state index contributed by atoms with van der Waals surface area (Å²) in [5, 5.41) is 9.64. The van der Waals surface area contributed by atoms with Gasteiger partial charge in [-0.15, -0.1) is 0 Å². The monoisotopic (exact) mass is 413 g/mol. The quantitative estimate of drug-likeness (QED) is 0.617. The number of halogens is 2. The topological polar surface area (TPSA) is 118 Å². The van der Waals surface area contributed by atoms with Crippen molar-refractivity contribution in [2.24, 2.45) is 10.9 Å². The number of amides is 3. The first-order chi connectivity index (χ1) is 13.8. The second-order valence-corrected chi connectivity index (χ2v) is 6.17. The lowest BCUT2D eigenvalue weighted by Crippen LogP contribution is -2.55. The second kappa shape index (κ2) is 10.0. The summed E-state index contributed by atoms with van der Waals surface area (Å²) < 4.78 is 37.1. The predicted octanol–water partition coefficient (Wildman–Crippen LogP) is 1.12. The molecule has 1 aromatic carbocycles. The summed E-state index contributed by atoms with van der Waals surface area (Å²) >= 11 is 0. The van der Waals surface area contributed by atoms with Crippen LogP contribution >= 0.6 is 0 Å². The number of esters is 1. The van der Waals surface area contributed by atoms with E-state index >= 15 is 0 Å². The lowest BCUT2D eigenvalue weighted by Gasteiger charge is -2.38. The van der Waals surface area contributed by atoms with Gasteiger partial charge in [-0.2, -0.15) is 4.99 Å². The fourth-order valence-electron chi connectivity index (χ4n) is 2.94. The van der Waals surface area contributed by atoms with E-state index in [1.165, 1.54) is 13.2 Å². The summed E-state index contributed by atoms with van der Waals surface area (Å²) in [4.78, 5) is 41.0. The van der Waals surface area contributed by atoms with Crippen LogP contribution in [-0.2, 0) is 19.1 Å². The summed E-state index contributed by atoms with van der Waals surface area (Å²) in [7, 11) is 2.45. The number of hydrogen-bond donors (Lipinski definition) is 2. The number of nitrogens with zero attached hydrogens (tertiary/aromatic N) is 2. The number of carbonyl (C=O) groups is 3. The average molecular weight is 413 g/mol. The molecule has 0 radical (unpaired) electrons. The lowest BCUT2D eigenvalue weighted by atomic mass is 9.87. The Kier molecular flexibility index (Phi) is 7.74. The Hall–Kier alpha value is -2.92. The molecule has 29 heavy (non-hydrogen) atoms. The van der Waals surface area contributed by atoms with Crippen LogP contribution in [0.2, 0.25) is 0 Å². The van der Waals surface area contributed by atoms with Crippen molar-refractivity contribution in [2.45, 2.75) is 18.9 Å². The highest BCUT2D eigenvalue weighted by molar-refractivity contribution is 6.10. The standard InChI is InChI=1S/C18H21F2N3O6/c1-28-9-13-15(17(26)29-2)16(10-5-6-11(19)12(20)8-10)23(18(27)21-13)22-14(25)4-3-7-24/h5-6,8,15-16,24H,3-4,7,9H2,1-2H3,(H,22,25). The first-order valence-electron chi connectivity index (χ1n) is 8.66. The van der Waals surface area contributed by atoms with Gasteiger partial charge in [-0.1, -0.05) is 6.07 Å². The molecule has 2 N–H and O–H groups in total. The van der Waals surface area contributed by atoms with Gasteiger partial charge in [0.2, 0.25) is 5.91 Å². The Balaban J connectivity index is 2.55. The van der Waals surface area contributed by atoms with E-state index in [0.29, 0.717) is 0 Å². The number of aliphatic imine (C=N–C) groups is 1. The molecular weight excluding hydrogens is 392 g/mol. The van der Waals surface area contributed by atoms with E-state index < -0.39 is 41.5 Å². The molecule has 1 aliphatic heterocycles. The molecule has 0 aliphatic carbocycles. The van der Waals surface area contributed by atoms with Crippen molar-refractivity contribution in [1.82, 2.24) is 10.4 Å². The zero-order valence-electron chi connectivity index (χ0n) is 15.9. The number of ether oxygens (including phenoxy) is 2. The first-order valence-corrected chi connectivity index (χ1v) is 8.66. The molecule has 0 fully saturated rings. The molecule has 1 aromatic rings. The minimum Gasteiger partial charge on any atom is -0.468 e. The SMILES string of the molecule is COCC1=NC(=O)N(NC(=O)CCCO)C(c2ccc(F)c(F)c2)C1C(=O)OC. The highest BCUT2D eigenvalue weighted by Gasteiger charge is 2.45. The number of hydrazine groups is 1. The molecule has 11 heteroatoms. The van der Waals surface area contributed by atoms with Crippen molar-refractivity contribution in [2.75, 3.05) is 27.4 Å². The number of methoxy groups -OCH3 is 2. The highest BCUT2D eigenvalue weighted by Crippen LogP contribution is 2.34. The molecule has 0 saturated carbocycles. The van der Waals surface area contributed by atoms with Crippen LogP contribution in [0.25, 0.3) is 0 Å². The molecule has 0 bridgehead atoms. The van der Waals surface area contributed by atoms with Crippen LogP contribution in [0.1, 0.15) is 24.4 Å². The van der Waals surface area contributed by atoms with Gasteiger partial charge in [-0.25, -0.2) is 18.6 Å². The van der Waals surface area contributed by atoms with E-state index in [0.717, 1.165) is 24.3 Å². The number of aliphatic hydroxyl groups is 1. The largest absolute Gasteiger partial charge is 0.468 e. The van der Waals surface area contributed by atoms with Crippen LogP contribution in [-0.4, -0.2) is 61.2 Å². The molecule has 158 valence electrons. The number of carbonyl (C=O) groups excluding carboxylic acids is 3. The van der Waals surface area contributed by atoms with E-state index in [2.05, 4.69) is 10.4 Å². The van der Waals surface area contributed by atoms with Crippen LogP contribution in [0.4, 0.5) is 13.6 Å². The van der Waals surface area contributed by atoms with Gasteiger partial charge in [0.1, 0.15) is 5.92 Å². The molecule has 1 aliphatic rings. The van der Waals surface area contributed by atoms with Crippen molar-refractivity contribution in [3.05, 3.63) is 35.4 Å². The third-order valence-electron chi connectivity index (χ3n) is 4.24. The molecule has 2 atom stereocenters. The van der Waals surface area contributed by atoms with Crippen LogP contribution in [0.15, 0.2) is 23.2 Å². The van der Waals surface area contributed by atoms with Gasteiger partial charge < -0.3 is 14.6 Å². The van der Waals surface area contributed by atoms with E-state index in [9.17, 15) is 23.2 Å². The molecule has 0 spiro atoms. The Morgan fingerprint density at radius 3 is 2.59 bits per heavy atom. The number of nitrogens with one attached hydrogen (secondary N) is 1. The van der Waals surface area contributed by atoms with Crippen molar-refractivity contribution in [1.29, 1.82) is 0 Å². The third kappa shape index (κ3) is 5.12. The molecule has 1 heterocycles. The molecule has 2 unspecified atom stereocenters. The highest BCUT2D eigenvalue weighted by atomic mass is 19.2. The Morgan fingerprint density at radius 1 is 1.28 bits per heavy atom. The molecule has 0 saturated heterocycles. The number of urea groups is 1. The van der Waals surface area contributed by atoms with Crippen molar-refractivity contribution in [3.63, 3.8) is 0 Å². The summed E-state index contributed by atoms with van der Waals surface area (Å²) in [6.07, 6.45) is 0.0324. The molecule has 3 amide bonds. The number of benzene rings is 1. The third-order valence-corrected chi connectivity index (χ3v) is 4.24. The zero-order valence-corrected chi connectivity index (χ0v) is 15.9. The number of aliphatic hydroxyl groups excluding tert-OH is 1. The second-order valence-electron chi connectivity index (χ2n) is 6.17. The first kappa shape index (κ1) is 22.4. The van der Waals surface area contributed by atoms with Crippen LogP contribution in [0, 0.1) is 17.6 Å². The van der Waals surface area contributed by atoms with Gasteiger partial charge in [0, 0.05) is 20.1 Å². The van der Waals surface area contributed by atoms with Crippen LogP contribution in [0.5, 0.6) is 0 Å². The fraction of sp³-hybridized carbons (Fsp3) is 0.444. The van der Waals surface area contributed by atoms with Crippen LogP contribution in [0.3, 0.4) is 0 Å². The maximum absolute atomic E-state index is 13.9. The zero-order chi connectivity index (χ0) is 21.6. The van der Waals surface area contributed by atoms with Gasteiger partial charge in [0.05, 0.1) is 25.5 Å². The normalized spacial score (nSPS) is 19.0. The molecule has 9 nitrogen and oxygen atoms in total. The summed E-state index contributed by atoms with van der Waals surface area (Å²) in [5.74, 6) is -4.98. The Labute approximate surface area is 165 Å². The average Bonchev–Trinajstić information content (AvgIpc) is 2.69. The molecular formula is C18H21F2N3O6. The maximum atomic E-state index is 13.9. The summed E-state index contributed by atoms with van der Waals surface area (Å²) in [5.41, 5.74) is 2.37. The van der Waals surface area contributed by atoms with E-state index in [-0.39, 0.29) is 37.3 Å². The number of hydrogen-bond acceptors (Lipinski definition) is 6. The smallest absolute Gasteiger partial charge is 0.362 e. The Morgan fingerprint density at radius 2 is 2.00 bits per heavy atom. The fourth-order valence-corrected chi connectivity index (χ4v) is 2.94. The maximum Gasteiger partial charge on any atom is 0.362 e. The van der Waals surface area contributed by atoms with E-state index in [4.69, 9.17) is 14.6 Å². The summed E-state index contributed by atoms with van der Waals surface area (Å²) in [6, 6.07) is 0.674. The molecule has 2 rings (SSSR count). The summed E-state index contributed by atoms with van der Waals surface area (Å²) in [6.45, 7) is -0.438. The van der Waals surface area contributed by atoms with E-state index in [1.54, 1.807) is 0 Å². The van der Waals surface area contributed by atoms with Gasteiger partial charge in [0.25, 0.3) is 0 Å². The van der Waals surface area contributed by atoms with Gasteiger partial charge in [0.15, 0.2) is 11.6 Å². The van der Waals surface area contributed by atoms with Gasteiger partial charge in [-0.05, 0) is 24.1 Å². The predicted molar refractivity (Wildman–Crippen MR) is 95.6 cm³/mol. The van der Waals surface area contributed by atoms with E-state index in [1.807, 2.05) is 0 Å². The van der Waals surface area contributed by atoms with Gasteiger partial charge >= 0.3 is 12.0 Å². The van der Waals surface area contributed by atoms with Crippen molar-refractivity contribution < 1.29 is 37.7 Å². The minimum absolute atomic E-state index is 0.0138.